The average Bonchev–Trinajstić information content (AvgIpc) is 2.59. The van der Waals surface area contributed by atoms with Crippen LogP contribution in [0, 0.1) is 6.92 Å². The van der Waals surface area contributed by atoms with Gasteiger partial charge in [-0.25, -0.2) is 0 Å². The van der Waals surface area contributed by atoms with Crippen LogP contribution in [0.5, 0.6) is 0 Å². The number of carbonyl (C=O) groups excluding carboxylic acids is 1. The first-order chi connectivity index (χ1) is 11.2. The van der Waals surface area contributed by atoms with E-state index in [2.05, 4.69) is 10.3 Å². The van der Waals surface area contributed by atoms with Crippen molar-refractivity contribution in [2.24, 2.45) is 0 Å². The van der Waals surface area contributed by atoms with Gasteiger partial charge >= 0.3 is 0 Å². The zero-order chi connectivity index (χ0) is 16.2. The minimum absolute atomic E-state index is 0.0317. The topological polar surface area (TPSA) is 64.0 Å². The first kappa shape index (κ1) is 15.0. The lowest BCUT2D eigenvalue weighted by molar-refractivity contribution is 0.0947. The summed E-state index contributed by atoms with van der Waals surface area (Å²) in [7, 11) is 0. The van der Waals surface area contributed by atoms with Gasteiger partial charge in [-0.15, -0.1) is 0 Å². The van der Waals surface area contributed by atoms with Crippen LogP contribution in [0.3, 0.4) is 0 Å². The van der Waals surface area contributed by atoms with Gasteiger partial charge in [0, 0.05) is 24.8 Å². The van der Waals surface area contributed by atoms with Crippen LogP contribution < -0.4 is 10.9 Å². The molecule has 5 heteroatoms. The number of aromatic nitrogens is 2. The minimum Gasteiger partial charge on any atom is -0.349 e. The van der Waals surface area contributed by atoms with E-state index in [1.807, 2.05) is 30.3 Å². The molecule has 3 aromatic rings. The van der Waals surface area contributed by atoms with Gasteiger partial charge in [0.25, 0.3) is 11.5 Å². The standard InChI is InChI=1S/C18H17N3O2/c1-13-12-14-6-2-3-8-16(14)21(18(13)23)11-10-20-17(22)15-7-4-5-9-19-15/h2-9,12H,10-11H2,1H3,(H,20,22). The fraction of sp³-hybridized carbons (Fsp3) is 0.167. The Morgan fingerprint density at radius 2 is 1.96 bits per heavy atom. The van der Waals surface area contributed by atoms with Crippen LogP contribution in [0.1, 0.15) is 16.1 Å². The normalized spacial score (nSPS) is 10.7. The lowest BCUT2D eigenvalue weighted by Crippen LogP contribution is -2.32. The number of aryl methyl sites for hydroxylation is 1. The largest absolute Gasteiger partial charge is 0.349 e. The predicted octanol–water partition coefficient (Wildman–Crippen LogP) is 2.13. The van der Waals surface area contributed by atoms with Crippen molar-refractivity contribution in [2.75, 3.05) is 6.54 Å². The molecule has 0 atom stereocenters. The van der Waals surface area contributed by atoms with Crippen LogP contribution >= 0.6 is 0 Å². The first-order valence-electron chi connectivity index (χ1n) is 7.45. The summed E-state index contributed by atoms with van der Waals surface area (Å²) in [4.78, 5) is 28.4. The highest BCUT2D eigenvalue weighted by Crippen LogP contribution is 2.12. The number of benzene rings is 1. The van der Waals surface area contributed by atoms with Crippen molar-refractivity contribution in [3.05, 3.63) is 76.3 Å². The summed E-state index contributed by atoms with van der Waals surface area (Å²) >= 11 is 0. The Morgan fingerprint density at radius 3 is 2.74 bits per heavy atom. The van der Waals surface area contributed by atoms with Crippen molar-refractivity contribution in [1.29, 1.82) is 0 Å². The summed E-state index contributed by atoms with van der Waals surface area (Å²) in [6, 6.07) is 14.8. The van der Waals surface area contributed by atoms with Crippen LogP contribution in [0.2, 0.25) is 0 Å². The number of para-hydroxylation sites is 1. The number of nitrogens with zero attached hydrogens (tertiary/aromatic N) is 2. The van der Waals surface area contributed by atoms with Gasteiger partial charge in [-0.2, -0.15) is 0 Å². The van der Waals surface area contributed by atoms with Crippen molar-refractivity contribution in [3.8, 4) is 0 Å². The molecular weight excluding hydrogens is 290 g/mol. The lowest BCUT2D eigenvalue weighted by Gasteiger charge is -2.12. The third-order valence-corrected chi connectivity index (χ3v) is 3.70. The number of rotatable bonds is 4. The lowest BCUT2D eigenvalue weighted by atomic mass is 10.1. The number of hydrogen-bond donors (Lipinski definition) is 1. The van der Waals surface area contributed by atoms with Gasteiger partial charge in [-0.05, 0) is 36.6 Å². The van der Waals surface area contributed by atoms with Crippen molar-refractivity contribution >= 4 is 16.8 Å². The number of amides is 1. The van der Waals surface area contributed by atoms with E-state index in [1.54, 1.807) is 35.9 Å². The molecule has 1 N–H and O–H groups in total. The van der Waals surface area contributed by atoms with Crippen molar-refractivity contribution < 1.29 is 4.79 Å². The maximum atomic E-state index is 12.4. The molecule has 116 valence electrons. The highest BCUT2D eigenvalue weighted by molar-refractivity contribution is 5.92. The molecule has 0 spiro atoms. The average molecular weight is 307 g/mol. The summed E-state index contributed by atoms with van der Waals surface area (Å²) in [5, 5.41) is 3.81. The molecule has 3 rings (SSSR count). The molecule has 5 nitrogen and oxygen atoms in total. The van der Waals surface area contributed by atoms with Crippen molar-refractivity contribution in [1.82, 2.24) is 14.9 Å². The predicted molar refractivity (Wildman–Crippen MR) is 89.5 cm³/mol. The maximum absolute atomic E-state index is 12.4. The quantitative estimate of drug-likeness (QED) is 0.803. The molecule has 23 heavy (non-hydrogen) atoms. The van der Waals surface area contributed by atoms with Crippen LogP contribution in [-0.2, 0) is 6.54 Å². The van der Waals surface area contributed by atoms with Gasteiger partial charge in [-0.3, -0.25) is 14.6 Å². The molecule has 1 aromatic carbocycles. The van der Waals surface area contributed by atoms with Crippen LogP contribution in [-0.4, -0.2) is 22.0 Å². The molecule has 0 saturated heterocycles. The fourth-order valence-corrected chi connectivity index (χ4v) is 2.56. The van der Waals surface area contributed by atoms with Crippen molar-refractivity contribution in [3.63, 3.8) is 0 Å². The summed E-state index contributed by atoms with van der Waals surface area (Å²) in [6.07, 6.45) is 1.58. The van der Waals surface area contributed by atoms with Gasteiger partial charge in [0.05, 0.1) is 5.52 Å². The van der Waals surface area contributed by atoms with Crippen LogP contribution in [0.25, 0.3) is 10.9 Å². The van der Waals surface area contributed by atoms with E-state index in [1.165, 1.54) is 0 Å². The molecule has 0 aliphatic heterocycles. The van der Waals surface area contributed by atoms with Gasteiger partial charge < -0.3 is 9.88 Å². The monoisotopic (exact) mass is 307 g/mol. The number of nitrogens with one attached hydrogen (secondary N) is 1. The Morgan fingerprint density at radius 1 is 1.17 bits per heavy atom. The van der Waals surface area contributed by atoms with Crippen molar-refractivity contribution in [2.45, 2.75) is 13.5 Å². The first-order valence-corrected chi connectivity index (χ1v) is 7.45. The molecule has 2 aromatic heterocycles. The summed E-state index contributed by atoms with van der Waals surface area (Å²) < 4.78 is 1.70. The minimum atomic E-state index is -0.240. The van der Waals surface area contributed by atoms with Gasteiger partial charge in [0.15, 0.2) is 0 Å². The number of carbonyl (C=O) groups is 1. The molecule has 0 radical (unpaired) electrons. The molecule has 2 heterocycles. The summed E-state index contributed by atoms with van der Waals surface area (Å²) in [5.74, 6) is -0.240. The van der Waals surface area contributed by atoms with Gasteiger partial charge in [-0.1, -0.05) is 24.3 Å². The Labute approximate surface area is 133 Å². The van der Waals surface area contributed by atoms with E-state index in [-0.39, 0.29) is 11.5 Å². The molecule has 0 bridgehead atoms. The van der Waals surface area contributed by atoms with E-state index in [4.69, 9.17) is 0 Å². The second-order valence-corrected chi connectivity index (χ2v) is 5.31. The summed E-state index contributed by atoms with van der Waals surface area (Å²) in [5.41, 5.74) is 1.90. The van der Waals surface area contributed by atoms with Crippen LogP contribution in [0.15, 0.2) is 59.5 Å². The number of hydrogen-bond acceptors (Lipinski definition) is 3. The van der Waals surface area contributed by atoms with E-state index >= 15 is 0 Å². The van der Waals surface area contributed by atoms with Gasteiger partial charge in [0.1, 0.15) is 5.69 Å². The number of pyridine rings is 2. The molecule has 0 aliphatic carbocycles. The summed E-state index contributed by atoms with van der Waals surface area (Å²) in [6.45, 7) is 2.58. The van der Waals surface area contributed by atoms with E-state index in [0.717, 1.165) is 10.9 Å². The Hall–Kier alpha value is -2.95. The Balaban J connectivity index is 1.79. The Bertz CT molecular complexity index is 901. The second kappa shape index (κ2) is 6.44. The molecule has 1 amide bonds. The molecule has 0 fully saturated rings. The molecule has 0 aliphatic rings. The molecule has 0 saturated carbocycles. The SMILES string of the molecule is Cc1cc2ccccc2n(CCNC(=O)c2ccccn2)c1=O. The smallest absolute Gasteiger partial charge is 0.269 e. The second-order valence-electron chi connectivity index (χ2n) is 5.31. The van der Waals surface area contributed by atoms with Gasteiger partial charge in [0.2, 0.25) is 0 Å². The van der Waals surface area contributed by atoms with E-state index in [0.29, 0.717) is 24.3 Å². The molecule has 0 unspecified atom stereocenters. The fourth-order valence-electron chi connectivity index (χ4n) is 2.56. The highest BCUT2D eigenvalue weighted by Gasteiger charge is 2.08. The van der Waals surface area contributed by atoms with Crippen LogP contribution in [0.4, 0.5) is 0 Å². The highest BCUT2D eigenvalue weighted by atomic mass is 16.2. The molecular formula is C18H17N3O2. The Kier molecular flexibility index (Phi) is 4.19. The number of fused-ring (bicyclic) bond motifs is 1. The van der Waals surface area contributed by atoms with E-state index < -0.39 is 0 Å². The third kappa shape index (κ3) is 3.13. The zero-order valence-electron chi connectivity index (χ0n) is 12.8. The zero-order valence-corrected chi connectivity index (χ0v) is 12.8. The maximum Gasteiger partial charge on any atom is 0.269 e. The van der Waals surface area contributed by atoms with E-state index in [9.17, 15) is 9.59 Å². The third-order valence-electron chi connectivity index (χ3n) is 3.70.